The molecule has 0 saturated heterocycles. The van der Waals surface area contributed by atoms with Gasteiger partial charge in [-0.2, -0.15) is 0 Å². The second-order valence-corrected chi connectivity index (χ2v) is 8.98. The summed E-state index contributed by atoms with van der Waals surface area (Å²) in [7, 11) is 0. The number of aryl methyl sites for hydroxylation is 2. The normalized spacial score (nSPS) is 12.2. The molecule has 6 nitrogen and oxygen atoms in total. The first-order chi connectivity index (χ1) is 14.6. The van der Waals surface area contributed by atoms with E-state index in [4.69, 9.17) is 4.74 Å². The van der Waals surface area contributed by atoms with E-state index in [-0.39, 0.29) is 30.6 Å². The van der Waals surface area contributed by atoms with E-state index in [0.717, 1.165) is 16.7 Å². The lowest BCUT2D eigenvalue weighted by molar-refractivity contribution is 0.0180. The second kappa shape index (κ2) is 11.0. The summed E-state index contributed by atoms with van der Waals surface area (Å²) in [6.45, 7) is 9.95. The van der Waals surface area contributed by atoms with Crippen LogP contribution in [0.4, 0.5) is 4.79 Å². The zero-order chi connectivity index (χ0) is 23.0. The minimum absolute atomic E-state index is 0.00447. The van der Waals surface area contributed by atoms with Crippen LogP contribution in [0.15, 0.2) is 48.5 Å². The maximum absolute atomic E-state index is 13.1. The van der Waals surface area contributed by atoms with Crippen molar-refractivity contribution in [1.82, 2.24) is 10.4 Å². The molecule has 2 rings (SSSR count). The van der Waals surface area contributed by atoms with Crippen molar-refractivity contribution in [3.63, 3.8) is 0 Å². The molecule has 6 heteroatoms. The summed E-state index contributed by atoms with van der Waals surface area (Å²) >= 11 is 0. The van der Waals surface area contributed by atoms with Crippen LogP contribution in [-0.4, -0.2) is 34.8 Å². The van der Waals surface area contributed by atoms with Crippen molar-refractivity contribution in [2.45, 2.75) is 60.1 Å². The molecule has 0 bridgehead atoms. The predicted molar refractivity (Wildman–Crippen MR) is 121 cm³/mol. The highest BCUT2D eigenvalue weighted by Gasteiger charge is 2.35. The number of rotatable bonds is 7. The Morgan fingerprint density at radius 1 is 1.06 bits per heavy atom. The van der Waals surface area contributed by atoms with Gasteiger partial charge in [-0.25, -0.2) is 9.80 Å². The number of amides is 2. The van der Waals surface area contributed by atoms with Crippen molar-refractivity contribution in [3.05, 3.63) is 70.8 Å². The minimum Gasteiger partial charge on any atom is -0.443 e. The fourth-order valence-electron chi connectivity index (χ4n) is 3.55. The van der Waals surface area contributed by atoms with Gasteiger partial charge in [-0.15, -0.1) is 0 Å². The standard InChI is InChI=1S/C25H34N2O4/c1-18-14-19(2)16-21(15-18)23(29)26-27(22(12-9-13-28)25(3,4)5)24(30)31-17-20-10-7-6-8-11-20/h6-8,10-11,14-16,22,28H,9,12-13,17H2,1-5H3,(H,26,29). The Morgan fingerprint density at radius 2 is 1.68 bits per heavy atom. The third kappa shape index (κ3) is 7.40. The summed E-state index contributed by atoms with van der Waals surface area (Å²) in [6.07, 6.45) is 0.400. The average molecular weight is 427 g/mol. The number of hydrogen-bond acceptors (Lipinski definition) is 4. The Bertz CT molecular complexity index is 855. The SMILES string of the molecule is Cc1cc(C)cc(C(=O)NN(C(=O)OCc2ccccc2)C(CCCO)C(C)(C)C)c1. The first kappa shape index (κ1) is 24.4. The zero-order valence-electron chi connectivity index (χ0n) is 19.1. The minimum atomic E-state index is -0.626. The molecule has 0 aliphatic carbocycles. The predicted octanol–water partition coefficient (Wildman–Crippen LogP) is 4.77. The highest BCUT2D eigenvalue weighted by molar-refractivity contribution is 5.95. The molecule has 31 heavy (non-hydrogen) atoms. The topological polar surface area (TPSA) is 78.9 Å². The molecule has 1 atom stereocenters. The molecule has 2 aromatic rings. The number of aliphatic hydroxyl groups is 1. The number of carbonyl (C=O) groups is 2. The monoisotopic (exact) mass is 426 g/mol. The van der Waals surface area contributed by atoms with Crippen LogP contribution in [0, 0.1) is 19.3 Å². The van der Waals surface area contributed by atoms with Gasteiger partial charge in [0.2, 0.25) is 0 Å². The van der Waals surface area contributed by atoms with Crippen LogP contribution in [0.3, 0.4) is 0 Å². The molecule has 2 amide bonds. The van der Waals surface area contributed by atoms with Crippen LogP contribution in [0.2, 0.25) is 0 Å². The van der Waals surface area contributed by atoms with E-state index in [0.29, 0.717) is 18.4 Å². The van der Waals surface area contributed by atoms with Crippen molar-refractivity contribution >= 4 is 12.0 Å². The van der Waals surface area contributed by atoms with Crippen LogP contribution >= 0.6 is 0 Å². The molecule has 0 aliphatic heterocycles. The largest absolute Gasteiger partial charge is 0.443 e. The number of hydrogen-bond donors (Lipinski definition) is 2. The summed E-state index contributed by atoms with van der Waals surface area (Å²) in [5, 5.41) is 10.6. The van der Waals surface area contributed by atoms with Crippen LogP contribution < -0.4 is 5.43 Å². The highest BCUT2D eigenvalue weighted by Crippen LogP contribution is 2.28. The number of nitrogens with one attached hydrogen (secondary N) is 1. The van der Waals surface area contributed by atoms with E-state index in [1.54, 1.807) is 12.1 Å². The molecule has 168 valence electrons. The molecule has 0 radical (unpaired) electrons. The smallest absolute Gasteiger partial charge is 0.429 e. The Labute approximate surface area is 185 Å². The molecular formula is C25H34N2O4. The highest BCUT2D eigenvalue weighted by atomic mass is 16.6. The second-order valence-electron chi connectivity index (χ2n) is 8.98. The molecular weight excluding hydrogens is 392 g/mol. The number of aliphatic hydroxyl groups excluding tert-OH is 1. The fraction of sp³-hybridized carbons (Fsp3) is 0.440. The first-order valence-electron chi connectivity index (χ1n) is 10.6. The van der Waals surface area contributed by atoms with Crippen LogP contribution in [0.1, 0.15) is 60.7 Å². The van der Waals surface area contributed by atoms with E-state index in [1.807, 2.05) is 71.0 Å². The maximum atomic E-state index is 13.1. The summed E-state index contributed by atoms with van der Waals surface area (Å²) in [4.78, 5) is 26.1. The van der Waals surface area contributed by atoms with Crippen molar-refractivity contribution < 1.29 is 19.4 Å². The molecule has 0 heterocycles. The molecule has 2 aromatic carbocycles. The van der Waals surface area contributed by atoms with Gasteiger partial charge in [0, 0.05) is 12.2 Å². The van der Waals surface area contributed by atoms with Crippen molar-refractivity contribution in [3.8, 4) is 0 Å². The first-order valence-corrected chi connectivity index (χ1v) is 10.6. The van der Waals surface area contributed by atoms with Gasteiger partial charge in [0.25, 0.3) is 5.91 Å². The van der Waals surface area contributed by atoms with Crippen LogP contribution in [-0.2, 0) is 11.3 Å². The van der Waals surface area contributed by atoms with Crippen molar-refractivity contribution in [2.24, 2.45) is 5.41 Å². The van der Waals surface area contributed by atoms with Gasteiger partial charge in [-0.05, 0) is 49.8 Å². The zero-order valence-corrected chi connectivity index (χ0v) is 19.1. The molecule has 0 aromatic heterocycles. The third-order valence-corrected chi connectivity index (χ3v) is 5.05. The van der Waals surface area contributed by atoms with Crippen molar-refractivity contribution in [2.75, 3.05) is 6.61 Å². The number of hydrazine groups is 1. The Hall–Kier alpha value is -2.86. The lowest BCUT2D eigenvalue weighted by Gasteiger charge is -2.39. The number of nitrogens with zero attached hydrogens (tertiary/aromatic N) is 1. The number of benzene rings is 2. The van der Waals surface area contributed by atoms with E-state index in [2.05, 4.69) is 5.43 Å². The number of ether oxygens (including phenoxy) is 1. The van der Waals surface area contributed by atoms with Gasteiger partial charge in [0.05, 0.1) is 6.04 Å². The Kier molecular flexibility index (Phi) is 8.63. The van der Waals surface area contributed by atoms with Crippen molar-refractivity contribution in [1.29, 1.82) is 0 Å². The molecule has 1 unspecified atom stereocenters. The fourth-order valence-corrected chi connectivity index (χ4v) is 3.55. The molecule has 0 spiro atoms. The van der Waals surface area contributed by atoms with E-state index < -0.39 is 6.09 Å². The van der Waals surface area contributed by atoms with Gasteiger partial charge in [-0.3, -0.25) is 10.2 Å². The van der Waals surface area contributed by atoms with E-state index >= 15 is 0 Å². The van der Waals surface area contributed by atoms with Gasteiger partial charge in [-0.1, -0.05) is 68.3 Å². The lowest BCUT2D eigenvalue weighted by Crippen LogP contribution is -2.56. The van der Waals surface area contributed by atoms with E-state index in [9.17, 15) is 14.7 Å². The molecule has 0 saturated carbocycles. The van der Waals surface area contributed by atoms with Gasteiger partial charge < -0.3 is 9.84 Å². The lowest BCUT2D eigenvalue weighted by atomic mass is 9.83. The van der Waals surface area contributed by atoms with Gasteiger partial charge in [0.1, 0.15) is 6.61 Å². The summed E-state index contributed by atoms with van der Waals surface area (Å²) in [5.41, 5.74) is 5.70. The summed E-state index contributed by atoms with van der Waals surface area (Å²) < 4.78 is 5.54. The number of carbonyl (C=O) groups excluding carboxylic acids is 2. The van der Waals surface area contributed by atoms with Crippen LogP contribution in [0.25, 0.3) is 0 Å². The van der Waals surface area contributed by atoms with E-state index in [1.165, 1.54) is 5.01 Å². The Balaban J connectivity index is 2.28. The molecule has 0 fully saturated rings. The average Bonchev–Trinajstić information content (AvgIpc) is 2.70. The molecule has 2 N–H and O–H groups in total. The summed E-state index contributed by atoms with van der Waals surface area (Å²) in [5.74, 6) is -0.373. The van der Waals surface area contributed by atoms with Gasteiger partial charge >= 0.3 is 6.09 Å². The molecule has 0 aliphatic rings. The van der Waals surface area contributed by atoms with Gasteiger partial charge in [0.15, 0.2) is 0 Å². The third-order valence-electron chi connectivity index (χ3n) is 5.05. The quantitative estimate of drug-likeness (QED) is 0.625. The maximum Gasteiger partial charge on any atom is 0.429 e. The van der Waals surface area contributed by atoms with Crippen LogP contribution in [0.5, 0.6) is 0 Å². The Morgan fingerprint density at radius 3 is 2.23 bits per heavy atom. The summed E-state index contributed by atoms with van der Waals surface area (Å²) in [6, 6.07) is 14.6.